The summed E-state index contributed by atoms with van der Waals surface area (Å²) in [5.74, 6) is 0.571. The molecule has 8 heteroatoms. The van der Waals surface area contributed by atoms with Gasteiger partial charge in [0.1, 0.15) is 11.4 Å². The first-order valence-electron chi connectivity index (χ1n) is 8.63. The predicted molar refractivity (Wildman–Crippen MR) is 109 cm³/mol. The van der Waals surface area contributed by atoms with E-state index in [0.29, 0.717) is 22.3 Å². The number of amides is 1. The number of aromatic nitrogens is 4. The summed E-state index contributed by atoms with van der Waals surface area (Å²) < 4.78 is 5.58. The van der Waals surface area contributed by atoms with E-state index in [-0.39, 0.29) is 17.6 Å². The third-order valence-corrected chi connectivity index (χ3v) is 4.09. The fourth-order valence-corrected chi connectivity index (χ4v) is 2.63. The Kier molecular flexibility index (Phi) is 5.40. The zero-order valence-corrected chi connectivity index (χ0v) is 15.7. The molecule has 0 aliphatic heterocycles. The van der Waals surface area contributed by atoms with Crippen LogP contribution in [0.25, 0.3) is 11.4 Å². The van der Waals surface area contributed by atoms with Gasteiger partial charge in [0.25, 0.3) is 5.91 Å². The minimum Gasteiger partial charge on any atom is -0.424 e. The highest BCUT2D eigenvalue weighted by atomic mass is 35.5. The van der Waals surface area contributed by atoms with Gasteiger partial charge < -0.3 is 10.1 Å². The minimum atomic E-state index is -0.365. The van der Waals surface area contributed by atoms with Gasteiger partial charge in [0.2, 0.25) is 0 Å². The largest absolute Gasteiger partial charge is 0.424 e. The first-order chi connectivity index (χ1) is 14.2. The summed E-state index contributed by atoms with van der Waals surface area (Å²) in [7, 11) is 0. The molecule has 142 valence electrons. The summed E-state index contributed by atoms with van der Waals surface area (Å²) in [5, 5.41) is 3.42. The summed E-state index contributed by atoms with van der Waals surface area (Å²) in [6.45, 7) is 0. The Morgan fingerprint density at radius 3 is 2.48 bits per heavy atom. The molecule has 2 heterocycles. The van der Waals surface area contributed by atoms with E-state index in [4.69, 9.17) is 16.3 Å². The Hall–Kier alpha value is -3.84. The minimum absolute atomic E-state index is 0.222. The molecule has 0 unspecified atom stereocenters. The molecule has 0 aliphatic carbocycles. The highest BCUT2D eigenvalue weighted by molar-refractivity contribution is 6.30. The molecule has 0 atom stereocenters. The van der Waals surface area contributed by atoms with Crippen molar-refractivity contribution in [3.05, 3.63) is 90.0 Å². The lowest BCUT2D eigenvalue weighted by atomic mass is 10.2. The van der Waals surface area contributed by atoms with Crippen molar-refractivity contribution in [1.29, 1.82) is 0 Å². The normalized spacial score (nSPS) is 10.4. The summed E-state index contributed by atoms with van der Waals surface area (Å²) in [6, 6.07) is 17.5. The van der Waals surface area contributed by atoms with E-state index in [2.05, 4.69) is 25.3 Å². The van der Waals surface area contributed by atoms with Crippen molar-refractivity contribution < 1.29 is 9.53 Å². The molecule has 0 aliphatic rings. The van der Waals surface area contributed by atoms with Crippen LogP contribution in [-0.2, 0) is 0 Å². The number of carbonyl (C=O) groups excluding carboxylic acids is 1. The number of rotatable bonds is 5. The van der Waals surface area contributed by atoms with Gasteiger partial charge in [-0.15, -0.1) is 0 Å². The second-order valence-electron chi connectivity index (χ2n) is 5.89. The van der Waals surface area contributed by atoms with Crippen LogP contribution in [0.2, 0.25) is 5.02 Å². The van der Waals surface area contributed by atoms with E-state index < -0.39 is 0 Å². The van der Waals surface area contributed by atoms with E-state index in [1.165, 1.54) is 6.20 Å². The highest BCUT2D eigenvalue weighted by Gasteiger charge is 2.11. The van der Waals surface area contributed by atoms with Crippen LogP contribution in [0.3, 0.4) is 0 Å². The van der Waals surface area contributed by atoms with Crippen molar-refractivity contribution in [2.75, 3.05) is 5.32 Å². The number of hydrogen-bond acceptors (Lipinski definition) is 6. The molecule has 0 saturated heterocycles. The Bertz CT molecular complexity index is 1140. The van der Waals surface area contributed by atoms with Gasteiger partial charge >= 0.3 is 6.01 Å². The molecule has 0 bridgehead atoms. The van der Waals surface area contributed by atoms with Crippen LogP contribution < -0.4 is 10.1 Å². The van der Waals surface area contributed by atoms with E-state index in [1.807, 2.05) is 0 Å². The van der Waals surface area contributed by atoms with Gasteiger partial charge in [-0.3, -0.25) is 4.79 Å². The van der Waals surface area contributed by atoms with Crippen LogP contribution in [-0.4, -0.2) is 25.8 Å². The SMILES string of the molecule is O=C(Nc1cccc(Oc2ncccn2)c1)c1ccnc(-c2ccc(Cl)cc2)n1. The Morgan fingerprint density at radius 2 is 1.69 bits per heavy atom. The van der Waals surface area contributed by atoms with E-state index in [0.717, 1.165) is 5.56 Å². The first-order valence-corrected chi connectivity index (χ1v) is 9.00. The molecule has 1 N–H and O–H groups in total. The fourth-order valence-electron chi connectivity index (χ4n) is 2.50. The molecule has 2 aromatic carbocycles. The maximum Gasteiger partial charge on any atom is 0.321 e. The molecule has 7 nitrogen and oxygen atoms in total. The molecule has 29 heavy (non-hydrogen) atoms. The van der Waals surface area contributed by atoms with Crippen molar-refractivity contribution in [3.63, 3.8) is 0 Å². The van der Waals surface area contributed by atoms with Gasteiger partial charge in [-0.1, -0.05) is 17.7 Å². The van der Waals surface area contributed by atoms with Crippen LogP contribution in [0.15, 0.2) is 79.3 Å². The van der Waals surface area contributed by atoms with Gasteiger partial charge in [-0.2, -0.15) is 0 Å². The molecule has 4 aromatic rings. The average molecular weight is 404 g/mol. The number of ether oxygens (including phenoxy) is 1. The average Bonchev–Trinajstić information content (AvgIpc) is 2.75. The van der Waals surface area contributed by atoms with Crippen molar-refractivity contribution in [2.24, 2.45) is 0 Å². The molecule has 0 radical (unpaired) electrons. The summed E-state index contributed by atoms with van der Waals surface area (Å²) in [4.78, 5) is 29.2. The Balaban J connectivity index is 1.50. The molecular formula is C21H14ClN5O2. The lowest BCUT2D eigenvalue weighted by Gasteiger charge is -2.08. The third kappa shape index (κ3) is 4.72. The van der Waals surface area contributed by atoms with Crippen LogP contribution in [0, 0.1) is 0 Å². The monoisotopic (exact) mass is 403 g/mol. The molecule has 0 spiro atoms. The summed E-state index contributed by atoms with van der Waals surface area (Å²) in [6.07, 6.45) is 4.71. The zero-order valence-electron chi connectivity index (χ0n) is 15.0. The Morgan fingerprint density at radius 1 is 0.897 bits per heavy atom. The predicted octanol–water partition coefficient (Wildman–Crippen LogP) is 4.63. The Labute approximate surface area is 171 Å². The molecule has 4 rings (SSSR count). The maximum absolute atomic E-state index is 12.6. The maximum atomic E-state index is 12.6. The molecule has 0 saturated carbocycles. The van der Waals surface area contributed by atoms with Gasteiger partial charge in [0.15, 0.2) is 5.82 Å². The smallest absolute Gasteiger partial charge is 0.321 e. The van der Waals surface area contributed by atoms with Gasteiger partial charge in [-0.25, -0.2) is 19.9 Å². The summed E-state index contributed by atoms with van der Waals surface area (Å²) >= 11 is 5.91. The topological polar surface area (TPSA) is 89.9 Å². The van der Waals surface area contributed by atoms with Crippen LogP contribution in [0.1, 0.15) is 10.5 Å². The van der Waals surface area contributed by atoms with Crippen molar-refractivity contribution >= 4 is 23.2 Å². The quantitative estimate of drug-likeness (QED) is 0.522. The first kappa shape index (κ1) is 18.5. The highest BCUT2D eigenvalue weighted by Crippen LogP contribution is 2.22. The van der Waals surface area contributed by atoms with Gasteiger partial charge in [-0.05, 0) is 48.5 Å². The fraction of sp³-hybridized carbons (Fsp3) is 0. The number of halogens is 1. The number of carbonyl (C=O) groups is 1. The molecule has 0 fully saturated rings. The number of anilines is 1. The third-order valence-electron chi connectivity index (χ3n) is 3.83. The van der Waals surface area contributed by atoms with Crippen LogP contribution in [0.5, 0.6) is 11.8 Å². The van der Waals surface area contributed by atoms with Crippen molar-refractivity contribution in [2.45, 2.75) is 0 Å². The second-order valence-corrected chi connectivity index (χ2v) is 6.32. The van der Waals surface area contributed by atoms with Gasteiger partial charge in [0, 0.05) is 40.9 Å². The molecular weight excluding hydrogens is 390 g/mol. The lowest BCUT2D eigenvalue weighted by molar-refractivity contribution is 0.102. The molecule has 1 amide bonds. The molecule has 2 aromatic heterocycles. The van der Waals surface area contributed by atoms with Crippen LogP contribution >= 0.6 is 11.6 Å². The number of hydrogen-bond donors (Lipinski definition) is 1. The number of benzene rings is 2. The second kappa shape index (κ2) is 8.45. The van der Waals surface area contributed by atoms with Crippen LogP contribution in [0.4, 0.5) is 5.69 Å². The standard InChI is InChI=1S/C21H14ClN5O2/c22-15-7-5-14(6-8-15)19-23-12-9-18(27-19)20(28)26-16-3-1-4-17(13-16)29-21-24-10-2-11-25-21/h1-13H,(H,26,28). The number of nitrogens with one attached hydrogen (secondary N) is 1. The van der Waals surface area contributed by atoms with Gasteiger partial charge in [0.05, 0.1) is 0 Å². The van der Waals surface area contributed by atoms with Crippen molar-refractivity contribution in [3.8, 4) is 23.1 Å². The van der Waals surface area contributed by atoms with E-state index in [1.54, 1.807) is 73.1 Å². The number of nitrogens with zero attached hydrogens (tertiary/aromatic N) is 4. The van der Waals surface area contributed by atoms with E-state index >= 15 is 0 Å². The zero-order chi connectivity index (χ0) is 20.1. The lowest BCUT2D eigenvalue weighted by Crippen LogP contribution is -2.14. The van der Waals surface area contributed by atoms with E-state index in [9.17, 15) is 4.79 Å². The summed E-state index contributed by atoms with van der Waals surface area (Å²) in [5.41, 5.74) is 1.56. The van der Waals surface area contributed by atoms with Crippen molar-refractivity contribution in [1.82, 2.24) is 19.9 Å².